The van der Waals surface area contributed by atoms with Gasteiger partial charge in [0.1, 0.15) is 0 Å². The van der Waals surface area contributed by atoms with Crippen molar-refractivity contribution >= 4 is 22.5 Å². The number of H-pyrrole nitrogens is 1. The van der Waals surface area contributed by atoms with Crippen molar-refractivity contribution in [2.75, 3.05) is 5.32 Å². The maximum Gasteiger partial charge on any atom is 0.228 e. The number of amides is 1. The summed E-state index contributed by atoms with van der Waals surface area (Å²) >= 11 is 0. The number of carbonyl (C=O) groups excluding carboxylic acids is 1. The molecule has 0 unspecified atom stereocenters. The van der Waals surface area contributed by atoms with Crippen LogP contribution in [0.4, 0.5) is 5.69 Å². The minimum atomic E-state index is 0.00754. The molecule has 106 valence electrons. The van der Waals surface area contributed by atoms with Crippen LogP contribution in [0.25, 0.3) is 10.9 Å². The Morgan fingerprint density at radius 1 is 1.05 bits per heavy atom. The number of aryl methyl sites for hydroxylation is 2. The fraction of sp³-hybridized carbons (Fsp3) is 0.167. The van der Waals surface area contributed by atoms with Gasteiger partial charge in [-0.05, 0) is 66.3 Å². The van der Waals surface area contributed by atoms with E-state index in [1.807, 2.05) is 55.6 Å². The van der Waals surface area contributed by atoms with Gasteiger partial charge in [0.2, 0.25) is 5.91 Å². The molecule has 2 aromatic carbocycles. The van der Waals surface area contributed by atoms with Crippen molar-refractivity contribution < 1.29 is 4.79 Å². The number of anilines is 1. The van der Waals surface area contributed by atoms with Gasteiger partial charge in [-0.3, -0.25) is 4.79 Å². The first kappa shape index (κ1) is 13.4. The molecule has 0 saturated carbocycles. The Balaban J connectivity index is 1.71. The first-order chi connectivity index (χ1) is 10.1. The molecular formula is C18H18N2O. The third-order valence-electron chi connectivity index (χ3n) is 3.77. The summed E-state index contributed by atoms with van der Waals surface area (Å²) < 4.78 is 0. The summed E-state index contributed by atoms with van der Waals surface area (Å²) in [4.78, 5) is 15.3. The molecule has 1 heterocycles. The molecule has 0 aliphatic rings. The first-order valence-electron chi connectivity index (χ1n) is 7.05. The van der Waals surface area contributed by atoms with Crippen molar-refractivity contribution in [3.05, 3.63) is 65.4 Å². The summed E-state index contributed by atoms with van der Waals surface area (Å²) in [7, 11) is 0. The van der Waals surface area contributed by atoms with Gasteiger partial charge in [-0.1, -0.05) is 12.1 Å². The van der Waals surface area contributed by atoms with E-state index in [0.717, 1.165) is 22.2 Å². The van der Waals surface area contributed by atoms with Crippen LogP contribution in [-0.4, -0.2) is 10.9 Å². The topological polar surface area (TPSA) is 44.9 Å². The van der Waals surface area contributed by atoms with Crippen molar-refractivity contribution in [3.63, 3.8) is 0 Å². The van der Waals surface area contributed by atoms with Gasteiger partial charge in [-0.15, -0.1) is 0 Å². The van der Waals surface area contributed by atoms with Crippen LogP contribution in [0.1, 0.15) is 16.7 Å². The zero-order valence-corrected chi connectivity index (χ0v) is 12.2. The fourth-order valence-electron chi connectivity index (χ4n) is 2.42. The van der Waals surface area contributed by atoms with Gasteiger partial charge in [-0.2, -0.15) is 0 Å². The monoisotopic (exact) mass is 278 g/mol. The summed E-state index contributed by atoms with van der Waals surface area (Å²) in [5.41, 5.74) is 5.37. The van der Waals surface area contributed by atoms with Crippen LogP contribution in [0.5, 0.6) is 0 Å². The van der Waals surface area contributed by atoms with Crippen LogP contribution in [0.3, 0.4) is 0 Å². The van der Waals surface area contributed by atoms with Crippen molar-refractivity contribution in [1.82, 2.24) is 4.98 Å². The highest BCUT2D eigenvalue weighted by molar-refractivity contribution is 5.93. The second kappa shape index (κ2) is 5.44. The van der Waals surface area contributed by atoms with Gasteiger partial charge in [0.25, 0.3) is 0 Å². The Hall–Kier alpha value is -2.55. The van der Waals surface area contributed by atoms with Crippen LogP contribution in [0.2, 0.25) is 0 Å². The summed E-state index contributed by atoms with van der Waals surface area (Å²) in [5.74, 6) is 0.00754. The Kier molecular flexibility index (Phi) is 3.48. The molecule has 0 radical (unpaired) electrons. The molecule has 0 fully saturated rings. The van der Waals surface area contributed by atoms with Crippen LogP contribution in [0, 0.1) is 13.8 Å². The lowest BCUT2D eigenvalue weighted by atomic mass is 10.1. The van der Waals surface area contributed by atoms with Gasteiger partial charge in [0.05, 0.1) is 6.42 Å². The zero-order valence-electron chi connectivity index (χ0n) is 12.2. The lowest BCUT2D eigenvalue weighted by Crippen LogP contribution is -2.14. The largest absolute Gasteiger partial charge is 0.361 e. The number of aromatic amines is 1. The Morgan fingerprint density at radius 2 is 1.90 bits per heavy atom. The van der Waals surface area contributed by atoms with Gasteiger partial charge in [0.15, 0.2) is 0 Å². The predicted molar refractivity (Wildman–Crippen MR) is 86.5 cm³/mol. The number of benzene rings is 2. The summed E-state index contributed by atoms with van der Waals surface area (Å²) in [6.45, 7) is 4.11. The molecule has 0 atom stereocenters. The molecule has 3 heteroatoms. The average molecular weight is 278 g/mol. The highest BCUT2D eigenvalue weighted by Crippen LogP contribution is 2.17. The second-order valence-corrected chi connectivity index (χ2v) is 5.42. The minimum absolute atomic E-state index is 0.00754. The van der Waals surface area contributed by atoms with E-state index in [0.29, 0.717) is 6.42 Å². The average Bonchev–Trinajstić information content (AvgIpc) is 2.90. The van der Waals surface area contributed by atoms with Crippen molar-refractivity contribution in [1.29, 1.82) is 0 Å². The summed E-state index contributed by atoms with van der Waals surface area (Å²) in [6.07, 6.45) is 2.29. The summed E-state index contributed by atoms with van der Waals surface area (Å²) in [5, 5.41) is 4.08. The number of hydrogen-bond donors (Lipinski definition) is 2. The number of nitrogens with one attached hydrogen (secondary N) is 2. The van der Waals surface area contributed by atoms with E-state index in [2.05, 4.69) is 17.2 Å². The number of aromatic nitrogens is 1. The molecule has 1 amide bonds. The van der Waals surface area contributed by atoms with E-state index < -0.39 is 0 Å². The van der Waals surface area contributed by atoms with Crippen LogP contribution in [0.15, 0.2) is 48.7 Å². The van der Waals surface area contributed by atoms with Crippen molar-refractivity contribution in [2.45, 2.75) is 20.3 Å². The Morgan fingerprint density at radius 3 is 2.71 bits per heavy atom. The SMILES string of the molecule is Cc1ccc(NC(=O)Cc2ccc3[nH]ccc3c2)cc1C. The van der Waals surface area contributed by atoms with E-state index in [9.17, 15) is 4.79 Å². The maximum absolute atomic E-state index is 12.1. The molecule has 21 heavy (non-hydrogen) atoms. The smallest absolute Gasteiger partial charge is 0.228 e. The molecule has 3 nitrogen and oxygen atoms in total. The van der Waals surface area contributed by atoms with Crippen molar-refractivity contribution in [2.24, 2.45) is 0 Å². The van der Waals surface area contributed by atoms with E-state index in [4.69, 9.17) is 0 Å². The highest BCUT2D eigenvalue weighted by Gasteiger charge is 2.06. The van der Waals surface area contributed by atoms with Gasteiger partial charge < -0.3 is 10.3 Å². The molecule has 1 aromatic heterocycles. The van der Waals surface area contributed by atoms with E-state index in [-0.39, 0.29) is 5.91 Å². The van der Waals surface area contributed by atoms with E-state index >= 15 is 0 Å². The lowest BCUT2D eigenvalue weighted by molar-refractivity contribution is -0.115. The number of rotatable bonds is 3. The molecule has 3 aromatic rings. The minimum Gasteiger partial charge on any atom is -0.361 e. The molecule has 2 N–H and O–H groups in total. The molecule has 0 aliphatic heterocycles. The number of carbonyl (C=O) groups is 1. The third-order valence-corrected chi connectivity index (χ3v) is 3.77. The van der Waals surface area contributed by atoms with Gasteiger partial charge in [0, 0.05) is 17.4 Å². The normalized spacial score (nSPS) is 10.8. The predicted octanol–water partition coefficient (Wildman–Crippen LogP) is 3.97. The van der Waals surface area contributed by atoms with Crippen LogP contribution in [-0.2, 0) is 11.2 Å². The molecule has 3 rings (SSSR count). The molecule has 0 bridgehead atoms. The van der Waals surface area contributed by atoms with Gasteiger partial charge in [-0.25, -0.2) is 0 Å². The second-order valence-electron chi connectivity index (χ2n) is 5.42. The highest BCUT2D eigenvalue weighted by atomic mass is 16.1. The summed E-state index contributed by atoms with van der Waals surface area (Å²) in [6, 6.07) is 14.0. The van der Waals surface area contributed by atoms with Gasteiger partial charge >= 0.3 is 0 Å². The maximum atomic E-state index is 12.1. The Labute approximate surface area is 124 Å². The Bertz CT molecular complexity index is 802. The zero-order chi connectivity index (χ0) is 14.8. The lowest BCUT2D eigenvalue weighted by Gasteiger charge is -2.08. The standard InChI is InChI=1S/C18H18N2O/c1-12-3-5-16(9-13(12)2)20-18(21)11-14-4-6-17-15(10-14)7-8-19-17/h3-10,19H,11H2,1-2H3,(H,20,21). The number of fused-ring (bicyclic) bond motifs is 1. The van der Waals surface area contributed by atoms with Crippen LogP contribution < -0.4 is 5.32 Å². The molecule has 0 spiro atoms. The molecule has 0 aliphatic carbocycles. The first-order valence-corrected chi connectivity index (χ1v) is 7.05. The number of hydrogen-bond acceptors (Lipinski definition) is 1. The van der Waals surface area contributed by atoms with E-state index in [1.165, 1.54) is 11.1 Å². The van der Waals surface area contributed by atoms with Crippen LogP contribution >= 0.6 is 0 Å². The van der Waals surface area contributed by atoms with Crippen molar-refractivity contribution in [3.8, 4) is 0 Å². The molecular weight excluding hydrogens is 260 g/mol. The fourth-order valence-corrected chi connectivity index (χ4v) is 2.42. The molecule has 0 saturated heterocycles. The quantitative estimate of drug-likeness (QED) is 0.748. The van der Waals surface area contributed by atoms with E-state index in [1.54, 1.807) is 0 Å². The third kappa shape index (κ3) is 2.97.